The largest absolute Gasteiger partial charge is 0.385 e. The number of alkyl halides is 2. The maximum absolute atomic E-state index is 14.7. The number of halogens is 4. The molecule has 1 aromatic heterocycles. The lowest BCUT2D eigenvalue weighted by Crippen LogP contribution is -2.45. The van der Waals surface area contributed by atoms with E-state index >= 15 is 0 Å². The third kappa shape index (κ3) is 3.85. The molecule has 0 amide bonds. The zero-order valence-electron chi connectivity index (χ0n) is 14.8. The molecule has 2 N–H and O–H groups in total. The number of carbonyl (C=O) groups is 1. The summed E-state index contributed by atoms with van der Waals surface area (Å²) in [4.78, 5) is 23.8. The van der Waals surface area contributed by atoms with Gasteiger partial charge in [0.1, 0.15) is 35.7 Å². The van der Waals surface area contributed by atoms with E-state index in [9.17, 15) is 18.0 Å². The van der Waals surface area contributed by atoms with E-state index in [2.05, 4.69) is 15.0 Å². The fourth-order valence-corrected chi connectivity index (χ4v) is 2.97. The normalized spacial score (nSPS) is 21.7. The van der Waals surface area contributed by atoms with Crippen LogP contribution in [-0.2, 0) is 16.7 Å². The second-order valence-electron chi connectivity index (χ2n) is 6.51. The molecule has 2 heterocycles. The fourth-order valence-electron chi connectivity index (χ4n) is 2.87. The van der Waals surface area contributed by atoms with Gasteiger partial charge in [0.2, 0.25) is 0 Å². The number of benzene rings is 1. The van der Waals surface area contributed by atoms with Crippen LogP contribution in [0.5, 0.6) is 0 Å². The van der Waals surface area contributed by atoms with Gasteiger partial charge in [-0.05, 0) is 24.6 Å². The number of nitrogens with two attached hydrogens (primary N) is 1. The van der Waals surface area contributed by atoms with Crippen molar-refractivity contribution in [2.45, 2.75) is 24.8 Å². The average Bonchev–Trinajstić information content (AvgIpc) is 2.73. The molecule has 1 atom stereocenters. The van der Waals surface area contributed by atoms with Gasteiger partial charge in [0.25, 0.3) is 5.92 Å². The summed E-state index contributed by atoms with van der Waals surface area (Å²) in [7, 11) is 0. The summed E-state index contributed by atoms with van der Waals surface area (Å²) >= 11 is 5.64. The van der Waals surface area contributed by atoms with Gasteiger partial charge in [-0.15, -0.1) is 0 Å². The lowest BCUT2D eigenvalue weighted by molar-refractivity contribution is -0.116. The van der Waals surface area contributed by atoms with Gasteiger partial charge in [0.15, 0.2) is 11.3 Å². The summed E-state index contributed by atoms with van der Waals surface area (Å²) in [6, 6.07) is 3.54. The molecule has 0 saturated heterocycles. The van der Waals surface area contributed by atoms with E-state index < -0.39 is 29.7 Å². The topological polar surface area (TPSA) is 90.5 Å². The summed E-state index contributed by atoms with van der Waals surface area (Å²) in [6.45, 7) is -0.153. The van der Waals surface area contributed by atoms with E-state index in [4.69, 9.17) is 22.1 Å². The quantitative estimate of drug-likeness (QED) is 0.780. The standard InChI is InChI=1S/C18H16ClF3N4O2/c1-17(18(21,22)9-28-8-16(23)26-17)11-4-10(2-3-12(11)20)5-14(27)13-6-25-15(19)7-24-13/h2-4,6-7H,5,8-9H2,1H3,(H2,23,26)/t17-/m1/s1. The maximum atomic E-state index is 14.7. The number of nitrogens with zero attached hydrogens (tertiary/aromatic N) is 3. The van der Waals surface area contributed by atoms with Crippen molar-refractivity contribution in [3.63, 3.8) is 0 Å². The Balaban J connectivity index is 1.98. The molecule has 0 unspecified atom stereocenters. The highest BCUT2D eigenvalue weighted by Gasteiger charge is 2.54. The highest BCUT2D eigenvalue weighted by Crippen LogP contribution is 2.43. The van der Waals surface area contributed by atoms with Crippen LogP contribution in [0.3, 0.4) is 0 Å². The number of aliphatic imine (C=N–C) groups is 1. The predicted molar refractivity (Wildman–Crippen MR) is 96.2 cm³/mol. The second kappa shape index (κ2) is 7.48. The molecule has 0 radical (unpaired) electrons. The second-order valence-corrected chi connectivity index (χ2v) is 6.90. The van der Waals surface area contributed by atoms with Crippen molar-refractivity contribution in [1.82, 2.24) is 9.97 Å². The molecule has 1 aliphatic heterocycles. The molecule has 0 spiro atoms. The highest BCUT2D eigenvalue weighted by atomic mass is 35.5. The first-order valence-electron chi connectivity index (χ1n) is 8.22. The summed E-state index contributed by atoms with van der Waals surface area (Å²) in [5.41, 5.74) is 3.32. The molecular weight excluding hydrogens is 397 g/mol. The van der Waals surface area contributed by atoms with Crippen LogP contribution >= 0.6 is 11.6 Å². The number of ether oxygens (including phenoxy) is 1. The molecular formula is C18H16ClF3N4O2. The Labute approximate surface area is 163 Å². The molecule has 0 bridgehead atoms. The van der Waals surface area contributed by atoms with Crippen LogP contribution in [0.15, 0.2) is 35.6 Å². The summed E-state index contributed by atoms with van der Waals surface area (Å²) < 4.78 is 48.7. The number of ketones is 1. The molecule has 0 fully saturated rings. The monoisotopic (exact) mass is 412 g/mol. The van der Waals surface area contributed by atoms with Crippen LogP contribution in [0.25, 0.3) is 0 Å². The van der Waals surface area contributed by atoms with Crippen molar-refractivity contribution < 1.29 is 22.7 Å². The molecule has 2 aromatic rings. The summed E-state index contributed by atoms with van der Waals surface area (Å²) in [6.07, 6.45) is 2.23. The lowest BCUT2D eigenvalue weighted by atomic mass is 9.84. The molecule has 1 aliphatic rings. The predicted octanol–water partition coefficient (Wildman–Crippen LogP) is 2.93. The minimum atomic E-state index is -3.51. The third-order valence-corrected chi connectivity index (χ3v) is 4.63. The smallest absolute Gasteiger partial charge is 0.299 e. The molecule has 10 heteroatoms. The van der Waals surface area contributed by atoms with E-state index in [1.165, 1.54) is 24.5 Å². The number of hydrogen-bond donors (Lipinski definition) is 1. The molecule has 0 saturated carbocycles. The van der Waals surface area contributed by atoms with Crippen LogP contribution in [0.2, 0.25) is 5.15 Å². The van der Waals surface area contributed by atoms with E-state index in [0.717, 1.165) is 13.0 Å². The Morgan fingerprint density at radius 3 is 2.75 bits per heavy atom. The number of rotatable bonds is 4. The van der Waals surface area contributed by atoms with E-state index in [0.29, 0.717) is 5.56 Å². The van der Waals surface area contributed by atoms with Gasteiger partial charge < -0.3 is 10.5 Å². The molecule has 0 aliphatic carbocycles. The lowest BCUT2D eigenvalue weighted by Gasteiger charge is -2.33. The summed E-state index contributed by atoms with van der Waals surface area (Å²) in [5, 5.41) is 0.127. The minimum absolute atomic E-state index is 0.0527. The van der Waals surface area contributed by atoms with Crippen molar-refractivity contribution >= 4 is 23.2 Å². The highest BCUT2D eigenvalue weighted by molar-refractivity contribution is 6.29. The van der Waals surface area contributed by atoms with Crippen LogP contribution < -0.4 is 5.73 Å². The van der Waals surface area contributed by atoms with E-state index in [-0.39, 0.29) is 35.3 Å². The number of aromatic nitrogens is 2. The SMILES string of the molecule is C[C@]1(c2cc(CC(=O)c3cnc(Cl)cn3)ccc2F)N=C(N)COCC1(F)F. The first-order valence-corrected chi connectivity index (χ1v) is 8.59. The number of carbonyl (C=O) groups excluding carboxylic acids is 1. The van der Waals surface area contributed by atoms with Gasteiger partial charge in [0.05, 0.1) is 12.4 Å². The minimum Gasteiger partial charge on any atom is -0.385 e. The van der Waals surface area contributed by atoms with Crippen molar-refractivity contribution in [1.29, 1.82) is 0 Å². The van der Waals surface area contributed by atoms with Gasteiger partial charge >= 0.3 is 0 Å². The average molecular weight is 413 g/mol. The van der Waals surface area contributed by atoms with Gasteiger partial charge in [-0.3, -0.25) is 9.79 Å². The van der Waals surface area contributed by atoms with Crippen molar-refractivity contribution in [3.05, 3.63) is 58.4 Å². The van der Waals surface area contributed by atoms with Gasteiger partial charge in [-0.2, -0.15) is 0 Å². The first kappa shape index (κ1) is 20.2. The van der Waals surface area contributed by atoms with Crippen LogP contribution in [0, 0.1) is 5.82 Å². The Morgan fingerprint density at radius 1 is 1.32 bits per heavy atom. The molecule has 6 nitrogen and oxygen atoms in total. The molecule has 148 valence electrons. The Morgan fingerprint density at radius 2 is 2.07 bits per heavy atom. The van der Waals surface area contributed by atoms with Gasteiger partial charge in [-0.1, -0.05) is 17.7 Å². The fraction of sp³-hybridized carbons (Fsp3) is 0.333. The third-order valence-electron chi connectivity index (χ3n) is 4.44. The van der Waals surface area contributed by atoms with Crippen LogP contribution in [0.4, 0.5) is 13.2 Å². The zero-order valence-corrected chi connectivity index (χ0v) is 15.5. The van der Waals surface area contributed by atoms with Crippen molar-refractivity contribution in [3.8, 4) is 0 Å². The van der Waals surface area contributed by atoms with Gasteiger partial charge in [0, 0.05) is 12.0 Å². The Hall–Kier alpha value is -2.52. The Kier molecular flexibility index (Phi) is 5.40. The van der Waals surface area contributed by atoms with E-state index in [1.807, 2.05) is 0 Å². The zero-order chi connectivity index (χ0) is 20.5. The first-order chi connectivity index (χ1) is 13.1. The van der Waals surface area contributed by atoms with Crippen LogP contribution in [0.1, 0.15) is 28.5 Å². The maximum Gasteiger partial charge on any atom is 0.299 e. The number of Topliss-reactive ketones (excluding diaryl/α,β-unsaturated/α-hetero) is 1. The van der Waals surface area contributed by atoms with E-state index in [1.54, 1.807) is 0 Å². The Bertz CT molecular complexity index is 937. The van der Waals surface area contributed by atoms with Crippen LogP contribution in [-0.4, -0.2) is 40.7 Å². The summed E-state index contributed by atoms with van der Waals surface area (Å²) in [5.74, 6) is -5.00. The molecule has 3 rings (SSSR count). The number of amidine groups is 1. The van der Waals surface area contributed by atoms with Crippen molar-refractivity contribution in [2.75, 3.05) is 13.2 Å². The molecule has 28 heavy (non-hydrogen) atoms. The molecule has 1 aromatic carbocycles. The van der Waals surface area contributed by atoms with Gasteiger partial charge in [-0.25, -0.2) is 23.1 Å². The van der Waals surface area contributed by atoms with Crippen molar-refractivity contribution in [2.24, 2.45) is 10.7 Å². The number of hydrogen-bond acceptors (Lipinski definition) is 6.